The zero-order valence-corrected chi connectivity index (χ0v) is 8.56. The van der Waals surface area contributed by atoms with Gasteiger partial charge in [0.15, 0.2) is 0 Å². The molecule has 4 heteroatoms. The molecule has 15 heavy (non-hydrogen) atoms. The van der Waals surface area contributed by atoms with Crippen molar-refractivity contribution in [1.29, 1.82) is 0 Å². The fraction of sp³-hybridized carbons (Fsp3) is 0.182. The third kappa shape index (κ3) is 1.44. The summed E-state index contributed by atoms with van der Waals surface area (Å²) in [6.45, 7) is 0. The first-order valence-electron chi connectivity index (χ1n) is 4.51. The molecule has 0 aliphatic rings. The normalized spacial score (nSPS) is 10.3. The van der Waals surface area contributed by atoms with Crippen LogP contribution < -0.4 is 4.84 Å². The van der Waals surface area contributed by atoms with Crippen molar-refractivity contribution in [3.05, 3.63) is 36.0 Å². The number of aromatic nitrogens is 1. The summed E-state index contributed by atoms with van der Waals surface area (Å²) in [6.07, 6.45) is 1.76. The Balaban J connectivity index is 2.67. The molecule has 0 spiro atoms. The molecule has 1 heterocycles. The first-order chi connectivity index (χ1) is 7.27. The molecule has 1 aromatic heterocycles. The number of benzene rings is 1. The van der Waals surface area contributed by atoms with Crippen molar-refractivity contribution in [2.75, 3.05) is 14.2 Å². The average molecular weight is 205 g/mol. The Morgan fingerprint density at radius 1 is 1.27 bits per heavy atom. The maximum atomic E-state index is 11.5. The molecule has 0 bridgehead atoms. The highest BCUT2D eigenvalue weighted by molar-refractivity contribution is 6.03. The number of carbonyl (C=O) groups excluding carboxylic acids is 1. The van der Waals surface area contributed by atoms with Gasteiger partial charge >= 0.3 is 5.97 Å². The SMILES string of the molecule is COC(=O)c1cccc2c1ccn2OC. The van der Waals surface area contributed by atoms with Crippen LogP contribution >= 0.6 is 0 Å². The monoisotopic (exact) mass is 205 g/mol. The number of hydrogen-bond donors (Lipinski definition) is 0. The van der Waals surface area contributed by atoms with Gasteiger partial charge in [-0.3, -0.25) is 0 Å². The molecule has 0 amide bonds. The van der Waals surface area contributed by atoms with Gasteiger partial charge in [-0.25, -0.2) is 4.79 Å². The summed E-state index contributed by atoms with van der Waals surface area (Å²) in [5.74, 6) is -0.338. The highest BCUT2D eigenvalue weighted by Crippen LogP contribution is 2.19. The first kappa shape index (κ1) is 9.58. The number of carbonyl (C=O) groups is 1. The molecule has 78 valence electrons. The highest BCUT2D eigenvalue weighted by Gasteiger charge is 2.12. The Labute approximate surface area is 87.0 Å². The highest BCUT2D eigenvalue weighted by atomic mass is 16.6. The molecule has 0 N–H and O–H groups in total. The summed E-state index contributed by atoms with van der Waals surface area (Å²) in [5.41, 5.74) is 1.39. The quantitative estimate of drug-likeness (QED) is 0.697. The summed E-state index contributed by atoms with van der Waals surface area (Å²) >= 11 is 0. The number of hydrogen-bond acceptors (Lipinski definition) is 3. The molecule has 0 saturated heterocycles. The minimum Gasteiger partial charge on any atom is -0.465 e. The van der Waals surface area contributed by atoms with Gasteiger partial charge < -0.3 is 9.57 Å². The number of fused-ring (bicyclic) bond motifs is 1. The molecule has 2 rings (SSSR count). The van der Waals surface area contributed by atoms with Crippen molar-refractivity contribution in [3.8, 4) is 0 Å². The lowest BCUT2D eigenvalue weighted by atomic mass is 10.1. The largest absolute Gasteiger partial charge is 0.465 e. The van der Waals surface area contributed by atoms with E-state index in [1.807, 2.05) is 12.1 Å². The minimum atomic E-state index is -0.338. The van der Waals surface area contributed by atoms with E-state index < -0.39 is 0 Å². The zero-order valence-electron chi connectivity index (χ0n) is 8.56. The average Bonchev–Trinajstić information content (AvgIpc) is 2.70. The van der Waals surface area contributed by atoms with Crippen molar-refractivity contribution in [2.24, 2.45) is 0 Å². The van der Waals surface area contributed by atoms with Gasteiger partial charge in [-0.05, 0) is 18.2 Å². The van der Waals surface area contributed by atoms with Gasteiger partial charge in [-0.1, -0.05) is 6.07 Å². The third-order valence-electron chi connectivity index (χ3n) is 2.30. The summed E-state index contributed by atoms with van der Waals surface area (Å²) < 4.78 is 6.30. The predicted octanol–water partition coefficient (Wildman–Crippen LogP) is 1.49. The molecule has 4 nitrogen and oxygen atoms in total. The molecule has 0 saturated carbocycles. The van der Waals surface area contributed by atoms with Crippen LogP contribution in [-0.2, 0) is 4.74 Å². The van der Waals surface area contributed by atoms with Gasteiger partial charge in [0.25, 0.3) is 0 Å². The maximum absolute atomic E-state index is 11.5. The van der Waals surface area contributed by atoms with E-state index in [4.69, 9.17) is 9.57 Å². The molecule has 2 aromatic rings. The van der Waals surface area contributed by atoms with E-state index >= 15 is 0 Å². The standard InChI is InChI=1S/C11H11NO3/c1-14-11(13)9-4-3-5-10-8(9)6-7-12(10)15-2/h3-7H,1-2H3. The van der Waals surface area contributed by atoms with E-state index in [-0.39, 0.29) is 5.97 Å². The molecule has 0 radical (unpaired) electrons. The zero-order chi connectivity index (χ0) is 10.8. The van der Waals surface area contributed by atoms with Crippen LogP contribution in [0.25, 0.3) is 10.9 Å². The summed E-state index contributed by atoms with van der Waals surface area (Å²) in [7, 11) is 2.94. The van der Waals surface area contributed by atoms with Gasteiger partial charge in [-0.2, -0.15) is 4.73 Å². The van der Waals surface area contributed by atoms with E-state index in [1.165, 1.54) is 7.11 Å². The van der Waals surface area contributed by atoms with Crippen molar-refractivity contribution < 1.29 is 14.4 Å². The maximum Gasteiger partial charge on any atom is 0.338 e. The lowest BCUT2D eigenvalue weighted by molar-refractivity contribution is 0.0603. The topological polar surface area (TPSA) is 40.5 Å². The van der Waals surface area contributed by atoms with Gasteiger partial charge in [-0.15, -0.1) is 0 Å². The number of esters is 1. The molecule has 0 unspecified atom stereocenters. The van der Waals surface area contributed by atoms with E-state index in [0.717, 1.165) is 10.9 Å². The molecule has 0 aliphatic heterocycles. The van der Waals surface area contributed by atoms with Gasteiger partial charge in [0, 0.05) is 11.6 Å². The second kappa shape index (κ2) is 3.65. The molecular formula is C11H11NO3. The van der Waals surface area contributed by atoms with Crippen LogP contribution in [-0.4, -0.2) is 24.9 Å². The summed E-state index contributed by atoms with van der Waals surface area (Å²) in [5, 5.41) is 0.825. The lowest BCUT2D eigenvalue weighted by Crippen LogP contribution is -2.04. The first-order valence-corrected chi connectivity index (χ1v) is 4.51. The summed E-state index contributed by atoms with van der Waals surface area (Å²) in [6, 6.07) is 7.23. The molecular weight excluding hydrogens is 194 g/mol. The number of rotatable bonds is 2. The van der Waals surface area contributed by atoms with E-state index in [1.54, 1.807) is 30.2 Å². The van der Waals surface area contributed by atoms with Crippen molar-refractivity contribution in [3.63, 3.8) is 0 Å². The molecule has 0 atom stereocenters. The van der Waals surface area contributed by atoms with Crippen LogP contribution in [0, 0.1) is 0 Å². The number of ether oxygens (including phenoxy) is 1. The van der Waals surface area contributed by atoms with Gasteiger partial charge in [0.1, 0.15) is 7.11 Å². The Morgan fingerprint density at radius 2 is 2.07 bits per heavy atom. The Bertz CT molecular complexity index is 502. The van der Waals surface area contributed by atoms with E-state index in [9.17, 15) is 4.79 Å². The van der Waals surface area contributed by atoms with Crippen LogP contribution in [0.1, 0.15) is 10.4 Å². The van der Waals surface area contributed by atoms with Crippen LogP contribution in [0.3, 0.4) is 0 Å². The molecule has 0 fully saturated rings. The van der Waals surface area contributed by atoms with Crippen LogP contribution in [0.4, 0.5) is 0 Å². The fourth-order valence-corrected chi connectivity index (χ4v) is 1.59. The Morgan fingerprint density at radius 3 is 2.73 bits per heavy atom. The third-order valence-corrected chi connectivity index (χ3v) is 2.30. The number of methoxy groups -OCH3 is 1. The van der Waals surface area contributed by atoms with Crippen LogP contribution in [0.15, 0.2) is 30.5 Å². The lowest BCUT2D eigenvalue weighted by Gasteiger charge is -2.03. The van der Waals surface area contributed by atoms with Crippen molar-refractivity contribution in [2.45, 2.75) is 0 Å². The molecule has 0 aliphatic carbocycles. The second-order valence-corrected chi connectivity index (χ2v) is 3.05. The fourth-order valence-electron chi connectivity index (χ4n) is 1.59. The summed E-state index contributed by atoms with van der Waals surface area (Å²) in [4.78, 5) is 16.6. The predicted molar refractivity (Wildman–Crippen MR) is 55.8 cm³/mol. The molecule has 1 aromatic carbocycles. The van der Waals surface area contributed by atoms with Gasteiger partial charge in [0.2, 0.25) is 0 Å². The van der Waals surface area contributed by atoms with Crippen molar-refractivity contribution in [1.82, 2.24) is 4.73 Å². The Kier molecular flexibility index (Phi) is 2.33. The number of nitrogens with zero attached hydrogens (tertiary/aromatic N) is 1. The van der Waals surface area contributed by atoms with Gasteiger partial charge in [0.05, 0.1) is 18.2 Å². The second-order valence-electron chi connectivity index (χ2n) is 3.05. The van der Waals surface area contributed by atoms with Crippen molar-refractivity contribution >= 4 is 16.9 Å². The minimum absolute atomic E-state index is 0.338. The van der Waals surface area contributed by atoms with Crippen LogP contribution in [0.2, 0.25) is 0 Å². The van der Waals surface area contributed by atoms with E-state index in [2.05, 4.69) is 0 Å². The van der Waals surface area contributed by atoms with Crippen LogP contribution in [0.5, 0.6) is 0 Å². The Hall–Kier alpha value is -1.97. The van der Waals surface area contributed by atoms with E-state index in [0.29, 0.717) is 5.56 Å². The smallest absolute Gasteiger partial charge is 0.338 e.